The number of pyridine rings is 1. The number of hydrogen-bond acceptors (Lipinski definition) is 7. The molecule has 0 amide bonds. The second-order valence-electron chi connectivity index (χ2n) is 7.13. The minimum Gasteiger partial charge on any atom is -0.481 e. The van der Waals surface area contributed by atoms with Crippen molar-refractivity contribution in [1.29, 1.82) is 0 Å². The van der Waals surface area contributed by atoms with Crippen molar-refractivity contribution in [2.75, 3.05) is 26.8 Å². The number of aryl methyl sites for hydroxylation is 1. The van der Waals surface area contributed by atoms with E-state index in [1.807, 2.05) is 13.0 Å². The van der Waals surface area contributed by atoms with Gasteiger partial charge in [0.2, 0.25) is 5.88 Å². The van der Waals surface area contributed by atoms with Crippen LogP contribution in [0.4, 0.5) is 0 Å². The molecule has 0 radical (unpaired) electrons. The summed E-state index contributed by atoms with van der Waals surface area (Å²) in [5.74, 6) is 0.706. The molecule has 2 aromatic heterocycles. The number of likely N-dealkylation sites (tertiary alicyclic amines) is 1. The molecule has 4 heterocycles. The van der Waals surface area contributed by atoms with Crippen LogP contribution in [-0.4, -0.2) is 53.4 Å². The third kappa shape index (κ3) is 3.91. The highest BCUT2D eigenvalue weighted by molar-refractivity contribution is 7.09. The SMILES string of the molecule is COc1ncccc1CN1CC2(C[C@@H](OCc3csc(C)n3)CCO2)C1. The number of ether oxygens (including phenoxy) is 3. The minimum atomic E-state index is -0.0592. The van der Waals surface area contributed by atoms with Crippen molar-refractivity contribution < 1.29 is 14.2 Å². The van der Waals surface area contributed by atoms with E-state index < -0.39 is 0 Å². The molecule has 0 aromatic carbocycles. The monoisotopic (exact) mass is 375 g/mol. The van der Waals surface area contributed by atoms with Gasteiger partial charge >= 0.3 is 0 Å². The molecule has 26 heavy (non-hydrogen) atoms. The van der Waals surface area contributed by atoms with E-state index in [0.717, 1.165) is 55.3 Å². The standard InChI is InChI=1S/C19H25N3O3S/c1-14-21-16(11-26-14)10-24-17-5-7-25-19(8-17)12-22(13-19)9-15-4-3-6-20-18(15)23-2/h3-4,6,11,17H,5,7-10,12-13H2,1-2H3/t17-/m0/s1. The fourth-order valence-corrected chi connectivity index (χ4v) is 4.47. The van der Waals surface area contributed by atoms with Gasteiger partial charge in [-0.3, -0.25) is 4.90 Å². The average Bonchev–Trinajstić information content (AvgIpc) is 3.05. The number of nitrogens with zero attached hydrogens (tertiary/aromatic N) is 3. The van der Waals surface area contributed by atoms with Crippen LogP contribution in [0, 0.1) is 6.92 Å². The summed E-state index contributed by atoms with van der Waals surface area (Å²) in [4.78, 5) is 11.1. The predicted octanol–water partition coefficient (Wildman–Crippen LogP) is 2.81. The first-order valence-electron chi connectivity index (χ1n) is 9.03. The van der Waals surface area contributed by atoms with Gasteiger partial charge in [0, 0.05) is 49.8 Å². The van der Waals surface area contributed by atoms with Crippen molar-refractivity contribution in [2.24, 2.45) is 0 Å². The van der Waals surface area contributed by atoms with Crippen LogP contribution in [0.1, 0.15) is 29.1 Å². The van der Waals surface area contributed by atoms with Crippen molar-refractivity contribution >= 4 is 11.3 Å². The number of thiazole rings is 1. The Morgan fingerprint density at radius 3 is 3.08 bits per heavy atom. The summed E-state index contributed by atoms with van der Waals surface area (Å²) < 4.78 is 17.6. The lowest BCUT2D eigenvalue weighted by atomic mass is 9.84. The van der Waals surface area contributed by atoms with Crippen LogP contribution in [0.15, 0.2) is 23.7 Å². The van der Waals surface area contributed by atoms with Crippen LogP contribution >= 0.6 is 11.3 Å². The largest absolute Gasteiger partial charge is 0.481 e. The summed E-state index contributed by atoms with van der Waals surface area (Å²) in [5, 5.41) is 3.17. The van der Waals surface area contributed by atoms with E-state index in [2.05, 4.69) is 26.3 Å². The van der Waals surface area contributed by atoms with Crippen molar-refractivity contribution in [2.45, 2.75) is 44.6 Å². The van der Waals surface area contributed by atoms with E-state index in [4.69, 9.17) is 14.2 Å². The molecule has 2 aromatic rings. The maximum absolute atomic E-state index is 6.13. The van der Waals surface area contributed by atoms with Crippen molar-refractivity contribution in [3.8, 4) is 5.88 Å². The lowest BCUT2D eigenvalue weighted by molar-refractivity contribution is -0.200. The van der Waals surface area contributed by atoms with Crippen LogP contribution in [0.5, 0.6) is 5.88 Å². The zero-order chi connectivity index (χ0) is 18.0. The number of aromatic nitrogens is 2. The smallest absolute Gasteiger partial charge is 0.217 e. The van der Waals surface area contributed by atoms with E-state index in [-0.39, 0.29) is 11.7 Å². The zero-order valence-corrected chi connectivity index (χ0v) is 16.1. The molecule has 2 saturated heterocycles. The zero-order valence-electron chi connectivity index (χ0n) is 15.3. The van der Waals surface area contributed by atoms with Gasteiger partial charge in [-0.15, -0.1) is 11.3 Å². The van der Waals surface area contributed by atoms with Gasteiger partial charge in [-0.2, -0.15) is 0 Å². The summed E-state index contributed by atoms with van der Waals surface area (Å²) in [6, 6.07) is 4.02. The molecule has 2 aliphatic rings. The van der Waals surface area contributed by atoms with Gasteiger partial charge in [0.15, 0.2) is 0 Å². The Morgan fingerprint density at radius 1 is 1.42 bits per heavy atom. The molecular weight excluding hydrogens is 350 g/mol. The normalized spacial score (nSPS) is 22.3. The van der Waals surface area contributed by atoms with Gasteiger partial charge < -0.3 is 14.2 Å². The van der Waals surface area contributed by atoms with E-state index in [1.165, 1.54) is 0 Å². The first kappa shape index (κ1) is 17.9. The van der Waals surface area contributed by atoms with E-state index >= 15 is 0 Å². The Bertz CT molecular complexity index is 745. The minimum absolute atomic E-state index is 0.0592. The van der Waals surface area contributed by atoms with Gasteiger partial charge in [0.05, 0.1) is 36.1 Å². The van der Waals surface area contributed by atoms with E-state index in [1.54, 1.807) is 24.6 Å². The van der Waals surface area contributed by atoms with Gasteiger partial charge in [0.1, 0.15) is 0 Å². The summed E-state index contributed by atoms with van der Waals surface area (Å²) in [6.45, 7) is 6.09. The highest BCUT2D eigenvalue weighted by atomic mass is 32.1. The van der Waals surface area contributed by atoms with Crippen molar-refractivity contribution in [3.05, 3.63) is 40.0 Å². The van der Waals surface area contributed by atoms with E-state index in [0.29, 0.717) is 12.5 Å². The number of hydrogen-bond donors (Lipinski definition) is 0. The molecule has 0 bridgehead atoms. The number of methoxy groups -OCH3 is 1. The van der Waals surface area contributed by atoms with Gasteiger partial charge in [0.25, 0.3) is 0 Å². The fourth-order valence-electron chi connectivity index (χ4n) is 3.87. The molecule has 0 saturated carbocycles. The van der Waals surface area contributed by atoms with Crippen LogP contribution in [0.3, 0.4) is 0 Å². The van der Waals surface area contributed by atoms with Crippen molar-refractivity contribution in [3.63, 3.8) is 0 Å². The van der Waals surface area contributed by atoms with Crippen LogP contribution in [0.25, 0.3) is 0 Å². The average molecular weight is 375 g/mol. The molecule has 1 atom stereocenters. The molecule has 2 aliphatic heterocycles. The van der Waals surface area contributed by atoms with Crippen LogP contribution in [-0.2, 0) is 22.6 Å². The van der Waals surface area contributed by atoms with Gasteiger partial charge in [-0.1, -0.05) is 6.07 Å². The summed E-state index contributed by atoms with van der Waals surface area (Å²) in [7, 11) is 1.67. The van der Waals surface area contributed by atoms with E-state index in [9.17, 15) is 0 Å². The highest BCUT2D eigenvalue weighted by Gasteiger charge is 2.47. The number of rotatable bonds is 6. The summed E-state index contributed by atoms with van der Waals surface area (Å²) in [5.41, 5.74) is 2.09. The molecule has 0 aliphatic carbocycles. The third-order valence-electron chi connectivity index (χ3n) is 5.04. The Labute approximate surface area is 158 Å². The quantitative estimate of drug-likeness (QED) is 0.774. The predicted molar refractivity (Wildman–Crippen MR) is 99.4 cm³/mol. The Balaban J connectivity index is 1.28. The summed E-state index contributed by atoms with van der Waals surface area (Å²) in [6.07, 6.45) is 3.93. The second kappa shape index (κ2) is 7.60. The first-order chi connectivity index (χ1) is 12.7. The maximum atomic E-state index is 6.13. The fraction of sp³-hybridized carbons (Fsp3) is 0.579. The topological polar surface area (TPSA) is 56.7 Å². The molecule has 2 fully saturated rings. The Kier molecular flexibility index (Phi) is 5.22. The second-order valence-corrected chi connectivity index (χ2v) is 8.19. The Hall–Kier alpha value is -1.54. The molecule has 140 valence electrons. The van der Waals surface area contributed by atoms with Crippen LogP contribution < -0.4 is 4.74 Å². The van der Waals surface area contributed by atoms with Crippen LogP contribution in [0.2, 0.25) is 0 Å². The highest BCUT2D eigenvalue weighted by Crippen LogP contribution is 2.36. The van der Waals surface area contributed by atoms with Gasteiger partial charge in [-0.05, 0) is 19.4 Å². The molecule has 0 N–H and O–H groups in total. The molecule has 0 unspecified atom stereocenters. The van der Waals surface area contributed by atoms with Crippen molar-refractivity contribution in [1.82, 2.24) is 14.9 Å². The lowest BCUT2D eigenvalue weighted by Crippen LogP contribution is -2.65. The molecule has 1 spiro atoms. The third-order valence-corrected chi connectivity index (χ3v) is 5.86. The molecule has 6 nitrogen and oxygen atoms in total. The molecule has 7 heteroatoms. The summed E-state index contributed by atoms with van der Waals surface area (Å²) >= 11 is 1.67. The molecule has 4 rings (SSSR count). The maximum Gasteiger partial charge on any atom is 0.217 e. The lowest BCUT2D eigenvalue weighted by Gasteiger charge is -2.53. The Morgan fingerprint density at radius 2 is 2.31 bits per heavy atom. The van der Waals surface area contributed by atoms with Gasteiger partial charge in [-0.25, -0.2) is 9.97 Å². The first-order valence-corrected chi connectivity index (χ1v) is 9.91. The molecular formula is C19H25N3O3S.